The van der Waals surface area contributed by atoms with E-state index in [-0.39, 0.29) is 29.5 Å². The number of thiazole rings is 1. The quantitative estimate of drug-likeness (QED) is 0.265. The molecular weight excluding hydrogens is 409 g/mol. The summed E-state index contributed by atoms with van der Waals surface area (Å²) in [7, 11) is 0. The molecule has 128 valence electrons. The lowest BCUT2D eigenvalue weighted by Crippen LogP contribution is -2.40. The van der Waals surface area contributed by atoms with Gasteiger partial charge in [0, 0.05) is 37.0 Å². The molecule has 3 N–H and O–H groups in total. The van der Waals surface area contributed by atoms with Gasteiger partial charge in [-0.1, -0.05) is 0 Å². The van der Waals surface area contributed by atoms with Crippen LogP contribution in [0.15, 0.2) is 10.4 Å². The molecule has 0 saturated heterocycles. The van der Waals surface area contributed by atoms with Gasteiger partial charge in [-0.2, -0.15) is 0 Å². The normalized spacial score (nSPS) is 12.0. The molecular formula is C15H30IN5S. The van der Waals surface area contributed by atoms with E-state index in [0.717, 1.165) is 49.3 Å². The number of nitrogens with one attached hydrogen (secondary N) is 3. The third kappa shape index (κ3) is 10.3. The second-order valence-corrected chi connectivity index (χ2v) is 7.03. The minimum atomic E-state index is 0. The average molecular weight is 439 g/mol. The number of halogens is 1. The summed E-state index contributed by atoms with van der Waals surface area (Å²) in [5.74, 6) is 0.875. The van der Waals surface area contributed by atoms with Gasteiger partial charge in [0.05, 0.1) is 17.2 Å². The Balaban J connectivity index is 0.00000441. The van der Waals surface area contributed by atoms with Crippen LogP contribution in [-0.4, -0.2) is 42.7 Å². The highest BCUT2D eigenvalue weighted by Crippen LogP contribution is 2.07. The minimum Gasteiger partial charge on any atom is -0.357 e. The molecule has 0 fully saturated rings. The van der Waals surface area contributed by atoms with E-state index in [4.69, 9.17) is 0 Å². The maximum absolute atomic E-state index is 4.57. The van der Waals surface area contributed by atoms with Crippen molar-refractivity contribution in [2.45, 2.75) is 46.6 Å². The number of aryl methyl sites for hydroxylation is 1. The van der Waals surface area contributed by atoms with Crippen molar-refractivity contribution < 1.29 is 0 Å². The zero-order valence-electron chi connectivity index (χ0n) is 14.3. The van der Waals surface area contributed by atoms with Crippen molar-refractivity contribution in [2.75, 3.05) is 26.2 Å². The van der Waals surface area contributed by atoms with E-state index in [9.17, 15) is 0 Å². The van der Waals surface area contributed by atoms with Crippen molar-refractivity contribution >= 4 is 41.3 Å². The van der Waals surface area contributed by atoms with Gasteiger partial charge in [0.1, 0.15) is 0 Å². The summed E-state index contributed by atoms with van der Waals surface area (Å²) in [6, 6.07) is 0. The van der Waals surface area contributed by atoms with Crippen LogP contribution < -0.4 is 16.0 Å². The SMILES string of the molecule is CCNC(=NCCNC(C)(C)C)NCCc1csc(C)n1.I. The number of rotatable bonds is 7. The van der Waals surface area contributed by atoms with Crippen LogP contribution in [0.4, 0.5) is 0 Å². The van der Waals surface area contributed by atoms with E-state index in [1.807, 2.05) is 6.92 Å². The lowest BCUT2D eigenvalue weighted by Gasteiger charge is -2.19. The Morgan fingerprint density at radius 3 is 2.55 bits per heavy atom. The lowest BCUT2D eigenvalue weighted by atomic mass is 10.1. The number of aromatic nitrogens is 1. The van der Waals surface area contributed by atoms with Crippen LogP contribution in [0.25, 0.3) is 0 Å². The molecule has 0 bridgehead atoms. The van der Waals surface area contributed by atoms with Gasteiger partial charge in [0.2, 0.25) is 0 Å². The molecule has 1 aromatic heterocycles. The van der Waals surface area contributed by atoms with Gasteiger partial charge in [0.15, 0.2) is 5.96 Å². The highest BCUT2D eigenvalue weighted by Gasteiger charge is 2.07. The lowest BCUT2D eigenvalue weighted by molar-refractivity contribution is 0.432. The molecule has 1 aromatic rings. The van der Waals surface area contributed by atoms with Crippen molar-refractivity contribution in [3.8, 4) is 0 Å². The van der Waals surface area contributed by atoms with Crippen molar-refractivity contribution in [3.05, 3.63) is 16.1 Å². The Bertz CT molecular complexity index is 439. The maximum atomic E-state index is 4.57. The van der Waals surface area contributed by atoms with Gasteiger partial charge in [-0.05, 0) is 34.6 Å². The van der Waals surface area contributed by atoms with Crippen LogP contribution >= 0.6 is 35.3 Å². The van der Waals surface area contributed by atoms with Crippen LogP contribution in [0.3, 0.4) is 0 Å². The fraction of sp³-hybridized carbons (Fsp3) is 0.733. The molecule has 0 aliphatic carbocycles. The zero-order chi connectivity index (χ0) is 15.7. The van der Waals surface area contributed by atoms with Crippen LogP contribution in [0.2, 0.25) is 0 Å². The molecule has 0 radical (unpaired) electrons. The summed E-state index contributed by atoms with van der Waals surface area (Å²) in [6.07, 6.45) is 0.926. The third-order valence-corrected chi connectivity index (χ3v) is 3.54. The Morgan fingerprint density at radius 1 is 1.27 bits per heavy atom. The zero-order valence-corrected chi connectivity index (χ0v) is 17.5. The van der Waals surface area contributed by atoms with Gasteiger partial charge in [0.25, 0.3) is 0 Å². The van der Waals surface area contributed by atoms with Crippen LogP contribution in [0.1, 0.15) is 38.4 Å². The van der Waals surface area contributed by atoms with Gasteiger partial charge in [-0.3, -0.25) is 4.99 Å². The number of hydrogen-bond acceptors (Lipinski definition) is 4. The second kappa shape index (κ2) is 11.2. The van der Waals surface area contributed by atoms with E-state index >= 15 is 0 Å². The third-order valence-electron chi connectivity index (χ3n) is 2.72. The topological polar surface area (TPSA) is 61.3 Å². The highest BCUT2D eigenvalue weighted by atomic mass is 127. The fourth-order valence-electron chi connectivity index (χ4n) is 1.77. The predicted molar refractivity (Wildman–Crippen MR) is 108 cm³/mol. The molecule has 0 atom stereocenters. The molecule has 0 saturated carbocycles. The van der Waals surface area contributed by atoms with Gasteiger partial charge in [-0.25, -0.2) is 4.98 Å². The maximum Gasteiger partial charge on any atom is 0.191 e. The first-order chi connectivity index (χ1) is 9.90. The molecule has 7 heteroatoms. The van der Waals surface area contributed by atoms with Gasteiger partial charge >= 0.3 is 0 Å². The monoisotopic (exact) mass is 439 g/mol. The predicted octanol–water partition coefficient (Wildman–Crippen LogP) is 2.56. The minimum absolute atomic E-state index is 0. The molecule has 22 heavy (non-hydrogen) atoms. The molecule has 1 heterocycles. The Labute approximate surface area is 155 Å². The second-order valence-electron chi connectivity index (χ2n) is 5.97. The molecule has 0 spiro atoms. The molecule has 0 aromatic carbocycles. The number of hydrogen-bond donors (Lipinski definition) is 3. The molecule has 0 unspecified atom stereocenters. The highest BCUT2D eigenvalue weighted by molar-refractivity contribution is 14.0. The van der Waals surface area contributed by atoms with Crippen molar-refractivity contribution in [1.29, 1.82) is 0 Å². The first-order valence-electron chi connectivity index (χ1n) is 7.59. The number of nitrogens with zero attached hydrogens (tertiary/aromatic N) is 2. The summed E-state index contributed by atoms with van der Waals surface area (Å²) in [5.41, 5.74) is 1.29. The van der Waals surface area contributed by atoms with Crippen molar-refractivity contribution in [3.63, 3.8) is 0 Å². The van der Waals surface area contributed by atoms with Crippen molar-refractivity contribution in [2.24, 2.45) is 4.99 Å². The Morgan fingerprint density at radius 2 is 2.00 bits per heavy atom. The standard InChI is InChI=1S/C15H29N5S.HI/c1-6-16-14(18-9-10-19-15(3,4)5)17-8-7-13-11-21-12(2)20-13;/h11,19H,6-10H2,1-5H3,(H2,16,17,18);1H. The summed E-state index contributed by atoms with van der Waals surface area (Å²) in [6.45, 7) is 14.0. The first-order valence-corrected chi connectivity index (χ1v) is 8.47. The fourth-order valence-corrected chi connectivity index (χ4v) is 2.42. The molecule has 0 aliphatic rings. The van der Waals surface area contributed by atoms with Crippen molar-refractivity contribution in [1.82, 2.24) is 20.9 Å². The summed E-state index contributed by atoms with van der Waals surface area (Å²) >= 11 is 1.70. The number of guanidine groups is 1. The summed E-state index contributed by atoms with van der Waals surface area (Å²) < 4.78 is 0. The molecule has 1 rings (SSSR count). The number of aliphatic imine (C=N–C) groups is 1. The van der Waals surface area contributed by atoms with E-state index in [0.29, 0.717) is 0 Å². The summed E-state index contributed by atoms with van der Waals surface area (Å²) in [5, 5.41) is 13.3. The largest absolute Gasteiger partial charge is 0.357 e. The molecule has 5 nitrogen and oxygen atoms in total. The van der Waals surface area contributed by atoms with Crippen LogP contribution in [0.5, 0.6) is 0 Å². The van der Waals surface area contributed by atoms with E-state index < -0.39 is 0 Å². The van der Waals surface area contributed by atoms with Crippen LogP contribution in [0, 0.1) is 6.92 Å². The van der Waals surface area contributed by atoms with Crippen LogP contribution in [-0.2, 0) is 6.42 Å². The van der Waals surface area contributed by atoms with E-state index in [2.05, 4.69) is 59.0 Å². The van der Waals surface area contributed by atoms with E-state index in [1.165, 1.54) is 0 Å². The smallest absolute Gasteiger partial charge is 0.191 e. The van der Waals surface area contributed by atoms with E-state index in [1.54, 1.807) is 11.3 Å². The van der Waals surface area contributed by atoms with Gasteiger partial charge in [-0.15, -0.1) is 35.3 Å². The van der Waals surface area contributed by atoms with Gasteiger partial charge < -0.3 is 16.0 Å². The Kier molecular flexibility index (Phi) is 11.0. The Hall–Kier alpha value is -0.410. The first kappa shape index (κ1) is 21.6. The average Bonchev–Trinajstić information content (AvgIpc) is 2.79. The summed E-state index contributed by atoms with van der Waals surface area (Å²) in [4.78, 5) is 9.03. The molecule has 0 aliphatic heterocycles. The molecule has 0 amide bonds.